The molecule has 0 saturated heterocycles. The highest BCUT2D eigenvalue weighted by Gasteiger charge is 2.48. The predicted octanol–water partition coefficient (Wildman–Crippen LogP) is 16.6. The van der Waals surface area contributed by atoms with E-state index < -0.39 is 0 Å². The molecule has 12 rings (SSSR count). The van der Waals surface area contributed by atoms with Crippen LogP contribution in [0.15, 0.2) is 194 Å². The van der Waals surface area contributed by atoms with Crippen LogP contribution in [0.4, 0.5) is 34.1 Å². The number of aryl methyl sites for hydroxylation is 1. The van der Waals surface area contributed by atoms with Gasteiger partial charge in [0.2, 0.25) is 0 Å². The summed E-state index contributed by atoms with van der Waals surface area (Å²) in [5.74, 6) is 0. The zero-order valence-electron chi connectivity index (χ0n) is 43.9. The molecule has 72 heavy (non-hydrogen) atoms. The molecule has 0 unspecified atom stereocenters. The van der Waals surface area contributed by atoms with Crippen molar-refractivity contribution in [2.24, 2.45) is 0 Å². The quantitative estimate of drug-likeness (QED) is 0.159. The highest BCUT2D eigenvalue weighted by molar-refractivity contribution is 7.00. The van der Waals surface area contributed by atoms with Gasteiger partial charge in [-0.2, -0.15) is 0 Å². The largest absolute Gasteiger partial charge is 0.311 e. The van der Waals surface area contributed by atoms with Crippen molar-refractivity contribution < 1.29 is 0 Å². The summed E-state index contributed by atoms with van der Waals surface area (Å²) in [4.78, 5) is 5.29. The molecule has 0 amide bonds. The Kier molecular flexibility index (Phi) is 10.4. The predicted molar refractivity (Wildman–Crippen MR) is 310 cm³/mol. The smallest absolute Gasteiger partial charge is 0.252 e. The van der Waals surface area contributed by atoms with Crippen LogP contribution in [0.2, 0.25) is 0 Å². The summed E-state index contributed by atoms with van der Waals surface area (Å²) in [6.07, 6.45) is 0. The number of anilines is 6. The molecule has 2 nitrogen and oxygen atoms in total. The molecule has 0 fully saturated rings. The molecular weight excluding hydrogens is 868 g/mol. The lowest BCUT2D eigenvalue weighted by Gasteiger charge is -2.48. The third kappa shape index (κ3) is 7.14. The Morgan fingerprint density at radius 2 is 0.764 bits per heavy atom. The summed E-state index contributed by atoms with van der Waals surface area (Å²) in [5.41, 5.74) is 27.5. The fraction of sp³-hybridized carbons (Fsp3) is 0.217. The first-order chi connectivity index (χ1) is 34.4. The van der Waals surface area contributed by atoms with Crippen LogP contribution < -0.4 is 26.2 Å². The molecule has 3 heteroatoms. The highest BCUT2D eigenvalue weighted by Crippen LogP contribution is 2.54. The Morgan fingerprint density at radius 3 is 1.25 bits per heavy atom. The molecule has 0 atom stereocenters. The maximum atomic E-state index is 2.67. The number of rotatable bonds is 5. The molecular formula is C69H65BN2. The Balaban J connectivity index is 1.23. The van der Waals surface area contributed by atoms with Gasteiger partial charge in [0.05, 0.1) is 11.4 Å². The second-order valence-corrected chi connectivity index (χ2v) is 23.9. The van der Waals surface area contributed by atoms with E-state index in [4.69, 9.17) is 0 Å². The minimum Gasteiger partial charge on any atom is -0.311 e. The zero-order chi connectivity index (χ0) is 50.1. The molecule has 0 N–H and O–H groups in total. The summed E-state index contributed by atoms with van der Waals surface area (Å²) in [5, 5.41) is 0. The van der Waals surface area contributed by atoms with Crippen LogP contribution in [0.25, 0.3) is 33.4 Å². The van der Waals surface area contributed by atoms with Gasteiger partial charge in [-0.25, -0.2) is 0 Å². The number of fused-ring (bicyclic) bond motifs is 6. The monoisotopic (exact) mass is 933 g/mol. The van der Waals surface area contributed by atoms with Gasteiger partial charge in [0.1, 0.15) is 0 Å². The van der Waals surface area contributed by atoms with E-state index in [0.29, 0.717) is 0 Å². The molecule has 2 aliphatic heterocycles. The van der Waals surface area contributed by atoms with Gasteiger partial charge in [-0.05, 0) is 144 Å². The van der Waals surface area contributed by atoms with Crippen molar-refractivity contribution in [1.29, 1.82) is 0 Å². The topological polar surface area (TPSA) is 6.48 Å². The van der Waals surface area contributed by atoms with Crippen LogP contribution in [0.3, 0.4) is 0 Å². The molecule has 1 aliphatic carbocycles. The Hall–Kier alpha value is -7.36. The lowest BCUT2D eigenvalue weighted by Crippen LogP contribution is -2.62. The number of hydrogen-bond acceptors (Lipinski definition) is 2. The Labute approximate surface area is 429 Å². The van der Waals surface area contributed by atoms with Gasteiger partial charge in [-0.15, -0.1) is 0 Å². The second-order valence-electron chi connectivity index (χ2n) is 23.9. The summed E-state index contributed by atoms with van der Waals surface area (Å²) >= 11 is 0. The minimum absolute atomic E-state index is 0.0365. The van der Waals surface area contributed by atoms with E-state index in [1.807, 2.05) is 0 Å². The SMILES string of the molecule is Cc1cc2c3c(c1)N(c1ccc(C(C)(C)C)cc1-c1ccccc1)c1cc4c(cc1B3c1cc(-c3ccccc3)ccc1N2c1ccc(C(C)(C)C)cc1-c1ccccc1)C(C)(C)c1ccccc1C4(C)C. The lowest BCUT2D eigenvalue weighted by atomic mass is 9.33. The van der Waals surface area contributed by atoms with Crippen molar-refractivity contribution in [2.75, 3.05) is 9.80 Å². The highest BCUT2D eigenvalue weighted by atomic mass is 15.2. The molecule has 9 aromatic carbocycles. The maximum absolute atomic E-state index is 2.67. The van der Waals surface area contributed by atoms with Crippen LogP contribution in [-0.4, -0.2) is 6.71 Å². The van der Waals surface area contributed by atoms with Crippen molar-refractivity contribution in [1.82, 2.24) is 0 Å². The van der Waals surface area contributed by atoms with E-state index in [1.165, 1.54) is 123 Å². The van der Waals surface area contributed by atoms with Crippen LogP contribution in [0.1, 0.15) is 108 Å². The maximum Gasteiger partial charge on any atom is 0.252 e. The van der Waals surface area contributed by atoms with E-state index in [1.54, 1.807) is 0 Å². The standard InChI is InChI=1S/C69H65BN2/c1-44-37-63-65-64(38-44)72(60-36-33-50(67(5,6)7)41-52(60)47-27-19-14-20-28-47)62-43-56-55(68(8,9)53-29-21-22-30-54(53)69(56,10)11)42-58(62)70(65)57-39-48(45-23-15-12-16-24-45)31-34-61(57)71(63)59-35-32-49(66(2,3)4)40-51(59)46-25-17-13-18-26-46/h12-43H,1-11H3. The van der Waals surface area contributed by atoms with Crippen molar-refractivity contribution >= 4 is 57.2 Å². The zero-order valence-corrected chi connectivity index (χ0v) is 43.9. The molecule has 2 heterocycles. The normalized spacial score (nSPS) is 15.0. The third-order valence-corrected chi connectivity index (χ3v) is 16.5. The van der Waals surface area contributed by atoms with Gasteiger partial charge in [0.15, 0.2) is 0 Å². The van der Waals surface area contributed by atoms with Gasteiger partial charge in [-0.3, -0.25) is 0 Å². The number of hydrogen-bond donors (Lipinski definition) is 0. The molecule has 0 aromatic heterocycles. The molecule has 3 aliphatic rings. The molecule has 354 valence electrons. The molecule has 0 radical (unpaired) electrons. The first-order valence-corrected chi connectivity index (χ1v) is 26.0. The van der Waals surface area contributed by atoms with Crippen LogP contribution >= 0.6 is 0 Å². The van der Waals surface area contributed by atoms with E-state index >= 15 is 0 Å². The molecule has 0 saturated carbocycles. The molecule has 0 spiro atoms. The van der Waals surface area contributed by atoms with Crippen LogP contribution in [0.5, 0.6) is 0 Å². The van der Waals surface area contributed by atoms with Crippen molar-refractivity contribution in [3.63, 3.8) is 0 Å². The first-order valence-electron chi connectivity index (χ1n) is 26.0. The summed E-state index contributed by atoms with van der Waals surface area (Å²) in [7, 11) is 0. The van der Waals surface area contributed by atoms with E-state index in [2.05, 4.69) is 280 Å². The lowest BCUT2D eigenvalue weighted by molar-refractivity contribution is 0.521. The van der Waals surface area contributed by atoms with Gasteiger partial charge in [0, 0.05) is 44.7 Å². The Morgan fingerprint density at radius 1 is 0.347 bits per heavy atom. The first kappa shape index (κ1) is 45.8. The van der Waals surface area contributed by atoms with Crippen LogP contribution in [0, 0.1) is 6.92 Å². The van der Waals surface area contributed by atoms with E-state index in [0.717, 1.165) is 0 Å². The number of benzene rings is 9. The third-order valence-electron chi connectivity index (χ3n) is 16.5. The van der Waals surface area contributed by atoms with Gasteiger partial charge in [-0.1, -0.05) is 215 Å². The number of nitrogens with zero attached hydrogens (tertiary/aromatic N) is 2. The van der Waals surface area contributed by atoms with Crippen molar-refractivity contribution in [3.05, 3.63) is 233 Å². The fourth-order valence-electron chi connectivity index (χ4n) is 12.5. The van der Waals surface area contributed by atoms with Gasteiger partial charge < -0.3 is 9.80 Å². The van der Waals surface area contributed by atoms with Crippen molar-refractivity contribution in [2.45, 2.75) is 97.8 Å². The average molecular weight is 933 g/mol. The fourth-order valence-corrected chi connectivity index (χ4v) is 12.5. The van der Waals surface area contributed by atoms with E-state index in [9.17, 15) is 0 Å². The van der Waals surface area contributed by atoms with Gasteiger partial charge >= 0.3 is 0 Å². The van der Waals surface area contributed by atoms with Crippen molar-refractivity contribution in [3.8, 4) is 33.4 Å². The molecule has 9 aromatic rings. The van der Waals surface area contributed by atoms with Crippen LogP contribution in [-0.2, 0) is 21.7 Å². The average Bonchev–Trinajstić information content (AvgIpc) is 3.37. The van der Waals surface area contributed by atoms with Gasteiger partial charge in [0.25, 0.3) is 6.71 Å². The summed E-state index contributed by atoms with van der Waals surface area (Å²) < 4.78 is 0. The minimum atomic E-state index is -0.243. The summed E-state index contributed by atoms with van der Waals surface area (Å²) in [6.45, 7) is 26.0. The van der Waals surface area contributed by atoms with E-state index in [-0.39, 0.29) is 28.4 Å². The second kappa shape index (κ2) is 16.3. The Bertz CT molecular complexity index is 3610. The molecule has 0 bridgehead atoms. The summed E-state index contributed by atoms with van der Waals surface area (Å²) in [6, 6.07) is 74.3.